The van der Waals surface area contributed by atoms with Gasteiger partial charge in [0.05, 0.1) is 7.11 Å². The summed E-state index contributed by atoms with van der Waals surface area (Å²) in [5, 5.41) is 11.9. The van der Waals surface area contributed by atoms with Crippen LogP contribution in [0.2, 0.25) is 0 Å². The maximum atomic E-state index is 14.5. The van der Waals surface area contributed by atoms with Gasteiger partial charge in [0.1, 0.15) is 5.82 Å². The van der Waals surface area contributed by atoms with E-state index in [1.165, 1.54) is 24.1 Å². The average molecular weight is 414 g/mol. The molecule has 30 heavy (non-hydrogen) atoms. The van der Waals surface area contributed by atoms with E-state index in [0.29, 0.717) is 17.8 Å². The van der Waals surface area contributed by atoms with E-state index >= 15 is 0 Å². The van der Waals surface area contributed by atoms with Crippen molar-refractivity contribution in [3.05, 3.63) is 59.6 Å². The number of benzene rings is 2. The number of nitrogens with one attached hydrogen (secondary N) is 1. The summed E-state index contributed by atoms with van der Waals surface area (Å²) in [7, 11) is 2.90. The molecule has 0 saturated carbocycles. The molecule has 2 rings (SSSR count). The molecule has 0 atom stereocenters. The second kappa shape index (κ2) is 11.0. The number of nitrogens with zero attached hydrogens (tertiary/aromatic N) is 1. The Bertz CT molecular complexity index is 927. The van der Waals surface area contributed by atoms with Gasteiger partial charge in [0.15, 0.2) is 0 Å². The number of unbranched alkanes of at least 4 members (excludes halogenated alkanes) is 2. The van der Waals surface area contributed by atoms with Gasteiger partial charge in [-0.3, -0.25) is 4.90 Å². The maximum absolute atomic E-state index is 14.5. The highest BCUT2D eigenvalue weighted by molar-refractivity contribution is 5.92. The van der Waals surface area contributed by atoms with Gasteiger partial charge in [-0.15, -0.1) is 0 Å². The third-order valence-corrected chi connectivity index (χ3v) is 4.65. The molecule has 0 radical (unpaired) electrons. The van der Waals surface area contributed by atoms with Gasteiger partial charge in [-0.1, -0.05) is 44.0 Å². The molecule has 0 aliphatic carbocycles. The number of carboxylic acids is 1. The van der Waals surface area contributed by atoms with Gasteiger partial charge in [-0.25, -0.2) is 14.0 Å². The first-order valence-electron chi connectivity index (χ1n) is 9.78. The molecule has 2 aromatic carbocycles. The van der Waals surface area contributed by atoms with Crippen LogP contribution in [0.25, 0.3) is 17.2 Å². The summed E-state index contributed by atoms with van der Waals surface area (Å²) in [4.78, 5) is 24.9. The molecule has 2 aromatic rings. The van der Waals surface area contributed by atoms with E-state index in [2.05, 4.69) is 12.2 Å². The molecule has 2 amide bonds. The fraction of sp³-hybridized carbons (Fsp3) is 0.304. The van der Waals surface area contributed by atoms with Crippen LogP contribution in [-0.4, -0.2) is 37.8 Å². The Kier molecular flexibility index (Phi) is 8.41. The smallest absolute Gasteiger partial charge is 0.371 e. The predicted molar refractivity (Wildman–Crippen MR) is 116 cm³/mol. The van der Waals surface area contributed by atoms with Crippen LogP contribution in [0.1, 0.15) is 31.7 Å². The minimum absolute atomic E-state index is 0.109. The van der Waals surface area contributed by atoms with E-state index in [-0.39, 0.29) is 17.4 Å². The Balaban J connectivity index is 2.20. The molecule has 0 heterocycles. The number of carboxylic acid groups (broad SMARTS) is 1. The van der Waals surface area contributed by atoms with Crippen LogP contribution < -0.4 is 10.2 Å². The van der Waals surface area contributed by atoms with Crippen LogP contribution in [0.15, 0.2) is 48.2 Å². The highest BCUT2D eigenvalue weighted by Crippen LogP contribution is 2.27. The van der Waals surface area contributed by atoms with Crippen molar-refractivity contribution in [3.8, 4) is 11.1 Å². The SMILES string of the molecule is CCCCCNC(=O)N(C)c1cccc(-c2ccc(/C=C(\OC)C(=O)O)c(F)c2)c1. The minimum atomic E-state index is -1.27. The average Bonchev–Trinajstić information content (AvgIpc) is 2.75. The van der Waals surface area contributed by atoms with E-state index in [0.717, 1.165) is 30.9 Å². The highest BCUT2D eigenvalue weighted by atomic mass is 19.1. The standard InChI is InChI=1S/C23H27FN2O4/c1-4-5-6-12-25-23(29)26(2)19-9-7-8-16(13-19)17-10-11-18(20(24)14-17)15-21(30-3)22(27)28/h7-11,13-15H,4-6,12H2,1-3H3,(H,25,29)(H,27,28)/b21-15-. The Labute approximate surface area is 176 Å². The Morgan fingerprint density at radius 2 is 1.90 bits per heavy atom. The van der Waals surface area contributed by atoms with Gasteiger partial charge in [0.25, 0.3) is 0 Å². The first kappa shape index (κ1) is 22.9. The van der Waals surface area contributed by atoms with Crippen LogP contribution in [0.4, 0.5) is 14.9 Å². The molecule has 0 unspecified atom stereocenters. The van der Waals surface area contributed by atoms with Crippen LogP contribution in [0, 0.1) is 5.82 Å². The number of hydrogen-bond acceptors (Lipinski definition) is 3. The fourth-order valence-electron chi connectivity index (χ4n) is 2.87. The lowest BCUT2D eigenvalue weighted by molar-refractivity contribution is -0.135. The molecule has 0 bridgehead atoms. The zero-order chi connectivity index (χ0) is 22.1. The van der Waals surface area contributed by atoms with Crippen molar-refractivity contribution in [2.45, 2.75) is 26.2 Å². The maximum Gasteiger partial charge on any atom is 0.371 e. The molecule has 2 N–H and O–H groups in total. The lowest BCUT2D eigenvalue weighted by Gasteiger charge is -2.19. The Hall–Kier alpha value is -3.35. The number of anilines is 1. The zero-order valence-corrected chi connectivity index (χ0v) is 17.4. The molecule has 0 aromatic heterocycles. The van der Waals surface area contributed by atoms with Crippen molar-refractivity contribution >= 4 is 23.8 Å². The number of carbonyl (C=O) groups excluding carboxylic acids is 1. The largest absolute Gasteiger partial charge is 0.490 e. The van der Waals surface area contributed by atoms with E-state index in [9.17, 15) is 14.0 Å². The van der Waals surface area contributed by atoms with Crippen molar-refractivity contribution in [2.75, 3.05) is 25.6 Å². The van der Waals surface area contributed by atoms with Crippen LogP contribution in [-0.2, 0) is 9.53 Å². The molecule has 0 spiro atoms. The zero-order valence-electron chi connectivity index (χ0n) is 17.4. The van der Waals surface area contributed by atoms with Gasteiger partial charge in [0.2, 0.25) is 5.76 Å². The quantitative estimate of drug-likeness (QED) is 0.347. The number of halogens is 1. The predicted octanol–water partition coefficient (Wildman–Crippen LogP) is 4.90. The molecule has 0 aliphatic heterocycles. The van der Waals surface area contributed by atoms with E-state index in [4.69, 9.17) is 9.84 Å². The summed E-state index contributed by atoms with van der Waals surface area (Å²) >= 11 is 0. The first-order chi connectivity index (χ1) is 14.4. The number of methoxy groups -OCH3 is 1. The second-order valence-electron chi connectivity index (χ2n) is 6.80. The molecular weight excluding hydrogens is 387 g/mol. The number of hydrogen-bond donors (Lipinski definition) is 2. The van der Waals surface area contributed by atoms with E-state index in [1.807, 2.05) is 6.07 Å². The monoisotopic (exact) mass is 414 g/mol. The summed E-state index contributed by atoms with van der Waals surface area (Å²) < 4.78 is 19.3. The summed E-state index contributed by atoms with van der Waals surface area (Å²) in [6, 6.07) is 11.5. The van der Waals surface area contributed by atoms with Gasteiger partial charge in [-0.05, 0) is 41.8 Å². The van der Waals surface area contributed by atoms with Gasteiger partial charge in [0, 0.05) is 24.8 Å². The topological polar surface area (TPSA) is 78.9 Å². The van der Waals surface area contributed by atoms with Crippen molar-refractivity contribution in [2.24, 2.45) is 0 Å². The Morgan fingerprint density at radius 3 is 2.53 bits per heavy atom. The fourth-order valence-corrected chi connectivity index (χ4v) is 2.87. The molecule has 160 valence electrons. The number of rotatable bonds is 9. The van der Waals surface area contributed by atoms with Crippen molar-refractivity contribution in [1.29, 1.82) is 0 Å². The lowest BCUT2D eigenvalue weighted by atomic mass is 10.0. The van der Waals surface area contributed by atoms with E-state index < -0.39 is 11.8 Å². The number of urea groups is 1. The van der Waals surface area contributed by atoms with Crippen molar-refractivity contribution in [3.63, 3.8) is 0 Å². The molecule has 6 nitrogen and oxygen atoms in total. The first-order valence-corrected chi connectivity index (χ1v) is 9.78. The van der Waals surface area contributed by atoms with E-state index in [1.54, 1.807) is 31.3 Å². The highest BCUT2D eigenvalue weighted by Gasteiger charge is 2.13. The number of ether oxygens (including phenoxy) is 1. The summed E-state index contributed by atoms with van der Waals surface area (Å²) in [5.41, 5.74) is 2.13. The van der Waals surface area contributed by atoms with Crippen LogP contribution >= 0.6 is 0 Å². The summed E-state index contributed by atoms with van der Waals surface area (Å²) in [5.74, 6) is -2.20. The van der Waals surface area contributed by atoms with Gasteiger partial charge >= 0.3 is 12.0 Å². The number of aliphatic carboxylic acids is 1. The minimum Gasteiger partial charge on any atom is -0.490 e. The molecule has 7 heteroatoms. The molecule has 0 fully saturated rings. The van der Waals surface area contributed by atoms with Gasteiger partial charge in [-0.2, -0.15) is 0 Å². The molecule has 0 aliphatic rings. The number of amides is 2. The van der Waals surface area contributed by atoms with Gasteiger partial charge < -0.3 is 15.2 Å². The summed E-state index contributed by atoms with van der Waals surface area (Å²) in [6.07, 6.45) is 4.22. The third-order valence-electron chi connectivity index (χ3n) is 4.65. The lowest BCUT2D eigenvalue weighted by Crippen LogP contribution is -2.37. The third kappa shape index (κ3) is 6.07. The van der Waals surface area contributed by atoms with Crippen LogP contribution in [0.3, 0.4) is 0 Å². The van der Waals surface area contributed by atoms with Crippen molar-refractivity contribution < 1.29 is 23.8 Å². The second-order valence-corrected chi connectivity index (χ2v) is 6.80. The van der Waals surface area contributed by atoms with Crippen molar-refractivity contribution in [1.82, 2.24) is 5.32 Å². The van der Waals surface area contributed by atoms with Crippen LogP contribution in [0.5, 0.6) is 0 Å². The summed E-state index contributed by atoms with van der Waals surface area (Å²) in [6.45, 7) is 2.73. The normalized spacial score (nSPS) is 11.1. The number of carbonyl (C=O) groups is 2. The molecule has 0 saturated heterocycles. The molecular formula is C23H27FN2O4. The Morgan fingerprint density at radius 1 is 1.17 bits per heavy atom.